The van der Waals surface area contributed by atoms with Crippen molar-refractivity contribution in [3.05, 3.63) is 57.3 Å². The van der Waals surface area contributed by atoms with Gasteiger partial charge in [-0.05, 0) is 36.4 Å². The van der Waals surface area contributed by atoms with Crippen LogP contribution in [0.15, 0.2) is 36.4 Å². The molecule has 0 radical (unpaired) electrons. The second-order valence-electron chi connectivity index (χ2n) is 5.76. The zero-order chi connectivity index (χ0) is 20.7. The van der Waals surface area contributed by atoms with Gasteiger partial charge in [0.05, 0.1) is 17.0 Å². The Balaban J connectivity index is 1.75. The van der Waals surface area contributed by atoms with Crippen molar-refractivity contribution in [2.45, 2.75) is 19.6 Å². The van der Waals surface area contributed by atoms with E-state index in [2.05, 4.69) is 16.0 Å². The molecule has 3 N–H and O–H groups in total. The Kier molecular flexibility index (Phi) is 7.16. The van der Waals surface area contributed by atoms with Gasteiger partial charge >= 0.3 is 6.18 Å². The second kappa shape index (κ2) is 9.36. The smallest absolute Gasteiger partial charge is 0.351 e. The quantitative estimate of drug-likeness (QED) is 0.610. The van der Waals surface area contributed by atoms with Gasteiger partial charge in [0.15, 0.2) is 0 Å². The predicted molar refractivity (Wildman–Crippen MR) is 98.0 cm³/mol. The summed E-state index contributed by atoms with van der Waals surface area (Å²) in [4.78, 5) is 36.1. The van der Waals surface area contributed by atoms with Gasteiger partial charge in [-0.15, -0.1) is 11.3 Å². The van der Waals surface area contributed by atoms with Crippen LogP contribution in [0.1, 0.15) is 37.4 Å². The summed E-state index contributed by atoms with van der Waals surface area (Å²) in [6, 6.07) is 7.25. The summed E-state index contributed by atoms with van der Waals surface area (Å²) in [6.07, 6.45) is -4.46. The first-order chi connectivity index (χ1) is 13.2. The van der Waals surface area contributed by atoms with Crippen LogP contribution in [0.3, 0.4) is 0 Å². The lowest BCUT2D eigenvalue weighted by Crippen LogP contribution is -2.34. The molecule has 2 rings (SSSR count). The van der Waals surface area contributed by atoms with E-state index >= 15 is 0 Å². The molecule has 28 heavy (non-hydrogen) atoms. The first-order valence-corrected chi connectivity index (χ1v) is 9.05. The number of alkyl halides is 3. The third kappa shape index (κ3) is 6.38. The van der Waals surface area contributed by atoms with E-state index in [4.69, 9.17) is 0 Å². The average molecular weight is 413 g/mol. The Hall–Kier alpha value is -2.88. The molecule has 0 spiro atoms. The molecule has 0 saturated heterocycles. The Morgan fingerprint density at radius 3 is 2.07 bits per heavy atom. The van der Waals surface area contributed by atoms with E-state index in [-0.39, 0.29) is 30.5 Å². The number of hydrogen-bond acceptors (Lipinski definition) is 4. The standard InChI is InChI=1S/C18H18F3N3O3S/c1-11(25)24-10-14-6-7-15(28-14)17(27)23-9-8-22-16(26)12-2-4-13(5-3-12)18(19,20)21/h2-7H,8-10H2,1H3,(H,22,26)(H,23,27)(H,24,25). The SMILES string of the molecule is CC(=O)NCc1ccc(C(=O)NCCNC(=O)c2ccc(C(F)(F)F)cc2)s1. The molecule has 6 nitrogen and oxygen atoms in total. The summed E-state index contributed by atoms with van der Waals surface area (Å²) < 4.78 is 37.5. The highest BCUT2D eigenvalue weighted by Crippen LogP contribution is 2.29. The highest BCUT2D eigenvalue weighted by molar-refractivity contribution is 7.14. The normalized spacial score (nSPS) is 11.0. The number of nitrogens with one attached hydrogen (secondary N) is 3. The number of carbonyl (C=O) groups is 3. The summed E-state index contributed by atoms with van der Waals surface area (Å²) in [5.74, 6) is -1.01. The zero-order valence-corrected chi connectivity index (χ0v) is 15.7. The molecule has 0 aliphatic carbocycles. The molecule has 0 saturated carbocycles. The summed E-state index contributed by atoms with van der Waals surface area (Å²) in [7, 11) is 0. The number of carbonyl (C=O) groups excluding carboxylic acids is 3. The fraction of sp³-hybridized carbons (Fsp3) is 0.278. The van der Waals surface area contributed by atoms with E-state index < -0.39 is 17.6 Å². The zero-order valence-electron chi connectivity index (χ0n) is 14.9. The Morgan fingerprint density at radius 1 is 0.893 bits per heavy atom. The van der Waals surface area contributed by atoms with Crippen LogP contribution in [0.4, 0.5) is 13.2 Å². The molecule has 0 fully saturated rings. The first-order valence-electron chi connectivity index (χ1n) is 8.23. The summed E-state index contributed by atoms with van der Waals surface area (Å²) in [6.45, 7) is 2.02. The molecule has 150 valence electrons. The van der Waals surface area contributed by atoms with Gasteiger partial charge in [0.25, 0.3) is 11.8 Å². The molecule has 10 heteroatoms. The van der Waals surface area contributed by atoms with Gasteiger partial charge in [0.2, 0.25) is 5.91 Å². The molecule has 1 aromatic carbocycles. The number of halogens is 3. The molecular formula is C18H18F3N3O3S. The van der Waals surface area contributed by atoms with Gasteiger partial charge in [-0.1, -0.05) is 0 Å². The molecule has 3 amide bonds. The number of benzene rings is 1. The van der Waals surface area contributed by atoms with Crippen molar-refractivity contribution >= 4 is 29.1 Å². The van der Waals surface area contributed by atoms with Crippen LogP contribution in [0.5, 0.6) is 0 Å². The second-order valence-corrected chi connectivity index (χ2v) is 6.93. The molecule has 0 aliphatic heterocycles. The minimum Gasteiger partial charge on any atom is -0.351 e. The lowest BCUT2D eigenvalue weighted by Gasteiger charge is -2.09. The van der Waals surface area contributed by atoms with Crippen molar-refractivity contribution < 1.29 is 27.6 Å². The van der Waals surface area contributed by atoms with Crippen LogP contribution in [0.25, 0.3) is 0 Å². The van der Waals surface area contributed by atoms with Crippen LogP contribution in [0, 0.1) is 0 Å². The van der Waals surface area contributed by atoms with Crippen LogP contribution >= 0.6 is 11.3 Å². The number of thiophene rings is 1. The van der Waals surface area contributed by atoms with E-state index in [9.17, 15) is 27.6 Å². The number of rotatable bonds is 7. The maximum Gasteiger partial charge on any atom is 0.416 e. The van der Waals surface area contributed by atoms with Gasteiger partial charge < -0.3 is 16.0 Å². The highest BCUT2D eigenvalue weighted by Gasteiger charge is 2.30. The molecule has 0 atom stereocenters. The largest absolute Gasteiger partial charge is 0.416 e. The average Bonchev–Trinajstić information content (AvgIpc) is 3.12. The topological polar surface area (TPSA) is 87.3 Å². The Labute approximate surface area is 163 Å². The molecule has 2 aromatic rings. The Morgan fingerprint density at radius 2 is 1.50 bits per heavy atom. The number of amides is 3. The highest BCUT2D eigenvalue weighted by atomic mass is 32.1. The monoisotopic (exact) mass is 413 g/mol. The first kappa shape index (κ1) is 21.4. The summed E-state index contributed by atoms with van der Waals surface area (Å²) in [5.41, 5.74) is -0.731. The van der Waals surface area contributed by atoms with Crippen LogP contribution < -0.4 is 16.0 Å². The predicted octanol–water partition coefficient (Wildman–Crippen LogP) is 2.56. The third-order valence-electron chi connectivity index (χ3n) is 3.57. The lowest BCUT2D eigenvalue weighted by atomic mass is 10.1. The molecule has 0 unspecified atom stereocenters. The summed E-state index contributed by atoms with van der Waals surface area (Å²) >= 11 is 1.24. The van der Waals surface area contributed by atoms with E-state index in [1.54, 1.807) is 12.1 Å². The summed E-state index contributed by atoms with van der Waals surface area (Å²) in [5, 5.41) is 7.79. The minimum atomic E-state index is -4.46. The van der Waals surface area contributed by atoms with Crippen molar-refractivity contribution in [3.63, 3.8) is 0 Å². The van der Waals surface area contributed by atoms with E-state index in [1.165, 1.54) is 18.3 Å². The van der Waals surface area contributed by atoms with Crippen molar-refractivity contribution in [1.82, 2.24) is 16.0 Å². The molecule has 1 aromatic heterocycles. The molecular weight excluding hydrogens is 395 g/mol. The van der Waals surface area contributed by atoms with Crippen LogP contribution in [0.2, 0.25) is 0 Å². The van der Waals surface area contributed by atoms with Crippen LogP contribution in [-0.4, -0.2) is 30.8 Å². The fourth-order valence-electron chi connectivity index (χ4n) is 2.16. The van der Waals surface area contributed by atoms with Gasteiger partial charge in [0, 0.05) is 30.5 Å². The molecule has 1 heterocycles. The van der Waals surface area contributed by atoms with Crippen molar-refractivity contribution in [3.8, 4) is 0 Å². The van der Waals surface area contributed by atoms with Crippen molar-refractivity contribution in [2.24, 2.45) is 0 Å². The van der Waals surface area contributed by atoms with Crippen molar-refractivity contribution in [1.29, 1.82) is 0 Å². The molecule has 0 aliphatic rings. The van der Waals surface area contributed by atoms with Gasteiger partial charge in [-0.25, -0.2) is 0 Å². The third-order valence-corrected chi connectivity index (χ3v) is 4.65. The van der Waals surface area contributed by atoms with Crippen molar-refractivity contribution in [2.75, 3.05) is 13.1 Å². The van der Waals surface area contributed by atoms with Gasteiger partial charge in [0.1, 0.15) is 0 Å². The van der Waals surface area contributed by atoms with Crippen LogP contribution in [-0.2, 0) is 17.5 Å². The maximum atomic E-state index is 12.5. The van der Waals surface area contributed by atoms with Gasteiger partial charge in [-0.2, -0.15) is 13.2 Å². The Bertz CT molecular complexity index is 848. The maximum absolute atomic E-state index is 12.5. The minimum absolute atomic E-state index is 0.0974. The van der Waals surface area contributed by atoms with E-state index in [0.717, 1.165) is 29.1 Å². The van der Waals surface area contributed by atoms with E-state index in [1.807, 2.05) is 0 Å². The van der Waals surface area contributed by atoms with E-state index in [0.29, 0.717) is 11.4 Å². The lowest BCUT2D eigenvalue weighted by molar-refractivity contribution is -0.137. The fourth-order valence-corrected chi connectivity index (χ4v) is 3.02. The number of hydrogen-bond donors (Lipinski definition) is 3. The van der Waals surface area contributed by atoms with Gasteiger partial charge in [-0.3, -0.25) is 14.4 Å². The molecule has 0 bridgehead atoms.